The van der Waals surface area contributed by atoms with Gasteiger partial charge in [0.15, 0.2) is 57.5 Å². The molecule has 0 radical (unpaired) electrons. The molecule has 20 nitrogen and oxygen atoms in total. The van der Waals surface area contributed by atoms with Crippen molar-refractivity contribution in [2.75, 3.05) is 136 Å². The summed E-state index contributed by atoms with van der Waals surface area (Å²) in [7, 11) is 0.116. The highest BCUT2D eigenvalue weighted by Gasteiger charge is 2.45. The van der Waals surface area contributed by atoms with E-state index >= 15 is 0 Å². The van der Waals surface area contributed by atoms with Crippen LogP contribution in [0.15, 0.2) is 60.4 Å². The third-order valence-electron chi connectivity index (χ3n) is 21.7. The molecule has 15 rings (SSSR count). The monoisotopic (exact) mass is 1650 g/mol. The number of rotatable bonds is 19. The molecule has 20 heteroatoms. The molecular weight excluding hydrogens is 1460 g/mol. The number of hydrogen-bond donors (Lipinski definition) is 5. The van der Waals surface area contributed by atoms with Crippen molar-refractivity contribution in [1.29, 1.82) is 0 Å². The number of ether oxygens (including phenoxy) is 10. The lowest BCUT2D eigenvalue weighted by Crippen LogP contribution is -2.48. The predicted octanol–water partition coefficient (Wildman–Crippen LogP) is 15.5. The molecule has 15 unspecified atom stereocenters. The minimum Gasteiger partial charge on any atom is -0.493 e. The fourth-order valence-electron chi connectivity index (χ4n) is 16.5. The van der Waals surface area contributed by atoms with E-state index in [4.69, 9.17) is 101 Å². The molecule has 0 aromatic heterocycles. The Balaban J connectivity index is 0.000000189. The average molecular weight is 1660 g/mol. The zero-order chi connectivity index (χ0) is 122. The van der Waals surface area contributed by atoms with Crippen LogP contribution in [0, 0.1) is 58.6 Å². The van der Waals surface area contributed by atoms with Crippen LogP contribution in [0.1, 0.15) is 286 Å². The first-order chi connectivity index (χ1) is 72.6. The number of nitrogens with zero attached hydrogens (tertiary/aromatic N) is 5. The third kappa shape index (κ3) is 21.3. The van der Waals surface area contributed by atoms with Gasteiger partial charge in [0.25, 0.3) is 0 Å². The van der Waals surface area contributed by atoms with Crippen LogP contribution < -0.4 is 47.4 Å². The van der Waals surface area contributed by atoms with E-state index < -0.39 is 186 Å². The van der Waals surface area contributed by atoms with E-state index in [9.17, 15) is 32.4 Å². The van der Waals surface area contributed by atoms with E-state index in [-0.39, 0.29) is 265 Å². The number of hydrogen-bond acceptors (Lipinski definition) is 20. The van der Waals surface area contributed by atoms with E-state index in [1.807, 2.05) is 32.6 Å². The second kappa shape index (κ2) is 40.4. The highest BCUT2D eigenvalue weighted by atomic mass is 16.5. The Bertz CT molecular complexity index is 6080. The van der Waals surface area contributed by atoms with Crippen molar-refractivity contribution in [3.63, 3.8) is 0 Å². The van der Waals surface area contributed by atoms with Gasteiger partial charge in [-0.3, -0.25) is 24.5 Å². The minimum atomic E-state index is -3.27. The number of aliphatic hydroxyl groups excluding tert-OH is 2. The Labute approximate surface area is 757 Å². The van der Waals surface area contributed by atoms with Gasteiger partial charge < -0.3 is 72.9 Å². The second-order valence-electron chi connectivity index (χ2n) is 32.2. The molecule has 5 aromatic rings. The first-order valence-corrected chi connectivity index (χ1v) is 39.6. The maximum Gasteiger partial charge on any atom is 0.161 e. The van der Waals surface area contributed by atoms with Crippen LogP contribution in [0.5, 0.6) is 57.5 Å². The van der Waals surface area contributed by atoms with Gasteiger partial charge in [-0.1, -0.05) is 76.0 Å². The highest BCUT2D eigenvalue weighted by Crippen LogP contribution is 2.51. The summed E-state index contributed by atoms with van der Waals surface area (Å²) in [6, 6.07) is -13.5. The normalized spacial score (nSPS) is 41.9. The quantitative estimate of drug-likeness (QED) is 0.0520. The fourth-order valence-corrected chi connectivity index (χ4v) is 16.5. The molecule has 0 amide bonds. The topological polar surface area (TPSA) is 210 Å². The molecule has 15 atom stereocenters. The number of benzene rings is 5. The molecule has 646 valence electrons. The molecule has 5 fully saturated rings. The van der Waals surface area contributed by atoms with Crippen LogP contribution in [0.4, 0.5) is 0 Å². The van der Waals surface area contributed by atoms with Gasteiger partial charge in [0.2, 0.25) is 0 Å². The Morgan fingerprint density at radius 2 is 0.612 bits per heavy atom. The average Bonchev–Trinajstić information content (AvgIpc) is 0.682. The molecule has 10 aliphatic rings. The lowest BCUT2D eigenvalue weighted by Gasteiger charge is -2.47. The van der Waals surface area contributed by atoms with Gasteiger partial charge in [0.1, 0.15) is 0 Å². The zero-order valence-corrected chi connectivity index (χ0v) is 69.5. The maximum atomic E-state index is 11.1. The van der Waals surface area contributed by atoms with Gasteiger partial charge in [0.05, 0.1) is 138 Å². The summed E-state index contributed by atoms with van der Waals surface area (Å²) in [6.07, 6.45) is -21.5. The summed E-state index contributed by atoms with van der Waals surface area (Å²) < 4.78 is 419. The standard InChI is InChI=1S/C20H31NO3.4C19H29NO3/c1-20(2,3)11-14-12-21-7-6-13-8-18(23-4)19(24-5)9-15(13)16(21)10-17(14)22;4*1-12(2)7-14-11-20-6-5-13-8-18(22-3)19(23-4)9-15(13)16(20)10-17(14)21/h8-9,14,16-17,22H,6-7,10-12H2,1-5H3;4*8-9,12,14,16-17,21H,5-7,10-11H2,1-4H3/i1D3,2D3,5D3,8D,9D,11D2,16D;4D3,8D,9D,10D2,14D,16D,17D;2*8D,9D,10D2,14D,16D,17D;4D3,8D,9D,16D. The molecule has 10 aliphatic heterocycles. The van der Waals surface area contributed by atoms with E-state index in [2.05, 4.69) is 13.8 Å². The van der Waals surface area contributed by atoms with Gasteiger partial charge in [-0.25, -0.2) is 0 Å². The summed E-state index contributed by atoms with van der Waals surface area (Å²) in [6.45, 7) is 9.71. The van der Waals surface area contributed by atoms with Gasteiger partial charge in [0, 0.05) is 119 Å². The molecule has 5 aromatic carbocycles. The van der Waals surface area contributed by atoms with Crippen LogP contribution in [-0.4, -0.2) is 217 Å². The summed E-state index contributed by atoms with van der Waals surface area (Å²) in [5.41, 5.74) is -1.99. The van der Waals surface area contributed by atoms with E-state index in [0.29, 0.717) is 31.0 Å². The molecule has 0 aliphatic carbocycles. The molecule has 0 bridgehead atoms. The van der Waals surface area contributed by atoms with Crippen molar-refractivity contribution >= 4 is 0 Å². The summed E-state index contributed by atoms with van der Waals surface area (Å²) >= 11 is 0. The Hall–Kier alpha value is -6.30. The predicted molar refractivity (Wildman–Crippen MR) is 460 cm³/mol. The summed E-state index contributed by atoms with van der Waals surface area (Å²) in [5.74, 6) is -9.44. The summed E-state index contributed by atoms with van der Waals surface area (Å²) in [5, 5.41) is 55.2. The molecule has 10 heterocycles. The SMILES string of the molecule is [2H]c1c2c(c([2H])c(OC([2H])([2H])[2H])c1OC)C1([2H])CC(O)C(C([2H])([2H])C(C)(C([2H])([2H])[2H])C([2H])([2H])[2H])CN1CC2.[2H]c1c2c(c([2H])c(OC([2H])([2H])[2H])c1OC)C1([2H])CC(O)C(CC(C)C)CN1CC2.[2H]c1c2c(c([2H])c(OC([2H])([2H])[2H])c1OC)C1([2H])N(CC2)CC([2H])(CC(C)C)C([2H])(O)C1([2H])[2H].[2H]c1c2c(c([2H])c(OC)c1OC)C1([2H])N(CC2)CC([2H])(CC(C)C)C([2H])(O)C1([2H])[2H].[2H]c1c2c(c([2H])c(OC)c1OC)C1([2H])N(CC2)CC([2H])(CC(C)C)C([2H])(O)C1([2H])[2H]. The number of aliphatic hydroxyl groups is 5. The van der Waals surface area contributed by atoms with Crippen molar-refractivity contribution in [2.24, 2.45) is 58.6 Å². The van der Waals surface area contributed by atoms with Crippen LogP contribution in [-0.2, 0) is 32.1 Å². The lowest BCUT2D eigenvalue weighted by molar-refractivity contribution is -0.0259. The Kier molecular flexibility index (Phi) is 16.8. The van der Waals surface area contributed by atoms with Crippen molar-refractivity contribution in [3.8, 4) is 57.5 Å². The van der Waals surface area contributed by atoms with E-state index in [0.717, 1.165) is 13.3 Å². The fraction of sp³-hybridized carbons (Fsp3) is 0.688. The highest BCUT2D eigenvalue weighted by molar-refractivity contribution is 5.54. The van der Waals surface area contributed by atoms with Gasteiger partial charge in [-0.2, -0.15) is 0 Å². The molecule has 0 spiro atoms. The van der Waals surface area contributed by atoms with E-state index in [1.165, 1.54) is 69.4 Å². The molecule has 0 saturated carbocycles. The zero-order valence-electron chi connectivity index (χ0n) is 114. The van der Waals surface area contributed by atoms with Crippen molar-refractivity contribution in [1.82, 2.24) is 24.5 Å². The third-order valence-corrected chi connectivity index (χ3v) is 21.7. The lowest BCUT2D eigenvalue weighted by atomic mass is 9.75. The number of methoxy groups -OCH3 is 10. The second-order valence-corrected chi connectivity index (χ2v) is 32.2. The van der Waals surface area contributed by atoms with Crippen molar-refractivity contribution in [3.05, 3.63) is 116 Å². The first kappa shape index (κ1) is 48.4. The first-order valence-electron chi connectivity index (χ1n) is 61.6. The van der Waals surface area contributed by atoms with E-state index in [1.54, 1.807) is 13.8 Å². The molecule has 5 saturated heterocycles. The van der Waals surface area contributed by atoms with Gasteiger partial charge in [-0.05, 0) is 271 Å². The largest absolute Gasteiger partial charge is 0.493 e. The number of fused-ring (bicyclic) bond motifs is 15. The molecule has 5 N–H and O–H groups in total. The molecule has 116 heavy (non-hydrogen) atoms. The van der Waals surface area contributed by atoms with Crippen LogP contribution in [0.25, 0.3) is 0 Å². The number of piperidine rings is 5. The summed E-state index contributed by atoms with van der Waals surface area (Å²) in [4.78, 5) is 7.50. The van der Waals surface area contributed by atoms with Crippen LogP contribution in [0.3, 0.4) is 0 Å². The molecular formula is C96H147N5O15. The Morgan fingerprint density at radius 1 is 0.371 bits per heavy atom. The maximum absolute atomic E-state index is 11.1. The van der Waals surface area contributed by atoms with Crippen LogP contribution >= 0.6 is 0 Å². The van der Waals surface area contributed by atoms with Crippen LogP contribution in [0.2, 0.25) is 0 Å². The van der Waals surface area contributed by atoms with Gasteiger partial charge in [-0.15, -0.1) is 0 Å². The smallest absolute Gasteiger partial charge is 0.161 e. The van der Waals surface area contributed by atoms with Crippen molar-refractivity contribution < 1.29 is 133 Å². The Morgan fingerprint density at radius 3 is 0.871 bits per heavy atom. The van der Waals surface area contributed by atoms with Crippen molar-refractivity contribution in [2.45, 2.75) is 233 Å². The van der Waals surface area contributed by atoms with Gasteiger partial charge >= 0.3 is 0 Å². The minimum absolute atomic E-state index is 0.000599.